The Morgan fingerprint density at radius 1 is 1.14 bits per heavy atom. The SMILES string of the molecule is O=c1ccccn1Cc1noc(Cc2cccc(F)c2F)n1. The van der Waals surface area contributed by atoms with Crippen LogP contribution in [0.25, 0.3) is 0 Å². The summed E-state index contributed by atoms with van der Waals surface area (Å²) in [4.78, 5) is 15.7. The monoisotopic (exact) mass is 303 g/mol. The molecule has 1 aromatic carbocycles. The minimum atomic E-state index is -0.929. The molecule has 2 heterocycles. The highest BCUT2D eigenvalue weighted by atomic mass is 19.2. The molecule has 0 unspecified atom stereocenters. The molecule has 0 aliphatic rings. The summed E-state index contributed by atoms with van der Waals surface area (Å²) >= 11 is 0. The van der Waals surface area contributed by atoms with Gasteiger partial charge in [0.2, 0.25) is 5.89 Å². The number of halogens is 2. The number of rotatable bonds is 4. The van der Waals surface area contributed by atoms with E-state index in [9.17, 15) is 13.6 Å². The Hall–Kier alpha value is -2.83. The van der Waals surface area contributed by atoms with E-state index in [2.05, 4.69) is 10.1 Å². The zero-order valence-electron chi connectivity index (χ0n) is 11.4. The molecule has 0 aliphatic heterocycles. The topological polar surface area (TPSA) is 60.9 Å². The molecule has 0 N–H and O–H groups in total. The van der Waals surface area contributed by atoms with Gasteiger partial charge >= 0.3 is 0 Å². The quantitative estimate of drug-likeness (QED) is 0.741. The van der Waals surface area contributed by atoms with Crippen molar-refractivity contribution < 1.29 is 13.3 Å². The van der Waals surface area contributed by atoms with Crippen LogP contribution in [-0.4, -0.2) is 14.7 Å². The van der Waals surface area contributed by atoms with Crippen LogP contribution < -0.4 is 5.56 Å². The second-order valence-corrected chi connectivity index (χ2v) is 4.66. The Morgan fingerprint density at radius 2 is 2.00 bits per heavy atom. The van der Waals surface area contributed by atoms with Crippen LogP contribution in [0, 0.1) is 11.6 Å². The summed E-state index contributed by atoms with van der Waals surface area (Å²) in [5.74, 6) is -1.40. The van der Waals surface area contributed by atoms with Crippen molar-refractivity contribution in [2.24, 2.45) is 0 Å². The summed E-state index contributed by atoms with van der Waals surface area (Å²) in [6, 6.07) is 8.67. The maximum Gasteiger partial charge on any atom is 0.250 e. The number of aromatic nitrogens is 3. The van der Waals surface area contributed by atoms with Crippen LogP contribution in [0.15, 0.2) is 51.9 Å². The van der Waals surface area contributed by atoms with Crippen molar-refractivity contribution in [2.45, 2.75) is 13.0 Å². The van der Waals surface area contributed by atoms with Crippen LogP contribution in [0.5, 0.6) is 0 Å². The maximum absolute atomic E-state index is 13.6. The number of nitrogens with zero attached hydrogens (tertiary/aromatic N) is 3. The molecule has 0 spiro atoms. The lowest BCUT2D eigenvalue weighted by Crippen LogP contribution is -2.18. The van der Waals surface area contributed by atoms with Crippen molar-refractivity contribution in [1.82, 2.24) is 14.7 Å². The highest BCUT2D eigenvalue weighted by Gasteiger charge is 2.13. The summed E-state index contributed by atoms with van der Waals surface area (Å²) in [6.07, 6.45) is 1.59. The van der Waals surface area contributed by atoms with Crippen LogP contribution in [0.1, 0.15) is 17.3 Å². The van der Waals surface area contributed by atoms with Crippen molar-refractivity contribution in [3.63, 3.8) is 0 Å². The molecule has 0 saturated heterocycles. The standard InChI is InChI=1S/C15H11F2N3O2/c16-11-5-3-4-10(15(11)17)8-13-18-12(19-22-13)9-20-7-2-1-6-14(20)21/h1-7H,8-9H2. The van der Waals surface area contributed by atoms with Gasteiger partial charge in [-0.25, -0.2) is 8.78 Å². The van der Waals surface area contributed by atoms with E-state index in [1.807, 2.05) is 0 Å². The number of benzene rings is 1. The fourth-order valence-corrected chi connectivity index (χ4v) is 2.02. The van der Waals surface area contributed by atoms with E-state index in [4.69, 9.17) is 4.52 Å². The van der Waals surface area contributed by atoms with Crippen molar-refractivity contribution >= 4 is 0 Å². The molecule has 7 heteroatoms. The first-order valence-corrected chi connectivity index (χ1v) is 6.53. The average molecular weight is 303 g/mol. The first-order valence-electron chi connectivity index (χ1n) is 6.53. The summed E-state index contributed by atoms with van der Waals surface area (Å²) in [6.45, 7) is 0.148. The molecule has 112 valence electrons. The molecule has 0 fully saturated rings. The minimum Gasteiger partial charge on any atom is -0.339 e. The third-order valence-electron chi connectivity index (χ3n) is 3.09. The summed E-state index contributed by atoms with van der Waals surface area (Å²) < 4.78 is 33.1. The van der Waals surface area contributed by atoms with E-state index in [0.717, 1.165) is 6.07 Å². The second-order valence-electron chi connectivity index (χ2n) is 4.66. The van der Waals surface area contributed by atoms with E-state index >= 15 is 0 Å². The Balaban J connectivity index is 1.78. The van der Waals surface area contributed by atoms with Crippen molar-refractivity contribution in [1.29, 1.82) is 0 Å². The lowest BCUT2D eigenvalue weighted by molar-refractivity contribution is 0.376. The fraction of sp³-hybridized carbons (Fsp3) is 0.133. The second kappa shape index (κ2) is 5.88. The third kappa shape index (κ3) is 2.93. The predicted molar refractivity (Wildman–Crippen MR) is 73.3 cm³/mol. The molecular formula is C15H11F2N3O2. The Labute approximate surface area is 123 Å². The van der Waals surface area contributed by atoms with Crippen molar-refractivity contribution in [2.75, 3.05) is 0 Å². The summed E-state index contributed by atoms with van der Waals surface area (Å²) in [5.41, 5.74) is -0.0582. The van der Waals surface area contributed by atoms with Gasteiger partial charge in [-0.3, -0.25) is 4.79 Å². The van der Waals surface area contributed by atoms with Gasteiger partial charge in [0, 0.05) is 17.8 Å². The number of pyridine rings is 1. The molecule has 5 nitrogen and oxygen atoms in total. The van der Waals surface area contributed by atoms with Gasteiger partial charge < -0.3 is 9.09 Å². The van der Waals surface area contributed by atoms with E-state index in [-0.39, 0.29) is 30.0 Å². The molecule has 3 rings (SSSR count). The van der Waals surface area contributed by atoms with Crippen LogP contribution in [0.2, 0.25) is 0 Å². The molecule has 0 bridgehead atoms. The lowest BCUT2D eigenvalue weighted by Gasteiger charge is -2.00. The molecular weight excluding hydrogens is 292 g/mol. The van der Waals surface area contributed by atoms with Crippen LogP contribution in [0.3, 0.4) is 0 Å². The van der Waals surface area contributed by atoms with Gasteiger partial charge in [0.1, 0.15) is 0 Å². The first kappa shape index (κ1) is 14.1. The fourth-order valence-electron chi connectivity index (χ4n) is 2.02. The van der Waals surface area contributed by atoms with Crippen LogP contribution in [0.4, 0.5) is 8.78 Å². The molecule has 0 saturated carbocycles. The normalized spacial score (nSPS) is 10.8. The van der Waals surface area contributed by atoms with Gasteiger partial charge in [-0.05, 0) is 12.1 Å². The molecule has 0 radical (unpaired) electrons. The highest BCUT2D eigenvalue weighted by molar-refractivity contribution is 5.21. The highest BCUT2D eigenvalue weighted by Crippen LogP contribution is 2.15. The van der Waals surface area contributed by atoms with E-state index in [1.165, 1.54) is 22.8 Å². The molecule has 3 aromatic rings. The molecule has 0 atom stereocenters. The summed E-state index contributed by atoms with van der Waals surface area (Å²) in [7, 11) is 0. The van der Waals surface area contributed by atoms with E-state index < -0.39 is 11.6 Å². The molecule has 2 aromatic heterocycles. The van der Waals surface area contributed by atoms with Gasteiger partial charge in [-0.2, -0.15) is 4.98 Å². The Kier molecular flexibility index (Phi) is 3.78. The van der Waals surface area contributed by atoms with Crippen molar-refractivity contribution in [3.05, 3.63) is 81.9 Å². The minimum absolute atomic E-state index is 0.0136. The Morgan fingerprint density at radius 3 is 2.82 bits per heavy atom. The van der Waals surface area contributed by atoms with Crippen LogP contribution in [-0.2, 0) is 13.0 Å². The first-order chi connectivity index (χ1) is 10.6. The molecule has 22 heavy (non-hydrogen) atoms. The van der Waals surface area contributed by atoms with Crippen LogP contribution >= 0.6 is 0 Å². The maximum atomic E-state index is 13.6. The smallest absolute Gasteiger partial charge is 0.250 e. The molecule has 0 amide bonds. The van der Waals surface area contributed by atoms with Gasteiger partial charge in [-0.15, -0.1) is 0 Å². The molecule has 0 aliphatic carbocycles. The average Bonchev–Trinajstić information content (AvgIpc) is 2.94. The van der Waals surface area contributed by atoms with E-state index in [0.29, 0.717) is 5.82 Å². The van der Waals surface area contributed by atoms with Gasteiger partial charge in [-0.1, -0.05) is 23.4 Å². The lowest BCUT2D eigenvalue weighted by atomic mass is 10.1. The number of hydrogen-bond acceptors (Lipinski definition) is 4. The van der Waals surface area contributed by atoms with Gasteiger partial charge in [0.05, 0.1) is 13.0 Å². The number of hydrogen-bond donors (Lipinski definition) is 0. The zero-order chi connectivity index (χ0) is 15.5. The largest absolute Gasteiger partial charge is 0.339 e. The van der Waals surface area contributed by atoms with Gasteiger partial charge in [0.15, 0.2) is 17.5 Å². The zero-order valence-corrected chi connectivity index (χ0v) is 11.4. The predicted octanol–water partition coefficient (Wildman–Crippen LogP) is 2.15. The van der Waals surface area contributed by atoms with Gasteiger partial charge in [0.25, 0.3) is 5.56 Å². The third-order valence-corrected chi connectivity index (χ3v) is 3.09. The van der Waals surface area contributed by atoms with E-state index in [1.54, 1.807) is 18.3 Å². The Bertz CT molecular complexity index is 858. The summed E-state index contributed by atoms with van der Waals surface area (Å²) in [5, 5.41) is 3.74. The van der Waals surface area contributed by atoms with Crippen molar-refractivity contribution in [3.8, 4) is 0 Å².